The van der Waals surface area contributed by atoms with Gasteiger partial charge in [-0.2, -0.15) is 26.3 Å². The summed E-state index contributed by atoms with van der Waals surface area (Å²) in [6.45, 7) is 5.99. The van der Waals surface area contributed by atoms with Gasteiger partial charge in [-0.25, -0.2) is 0 Å². The maximum absolute atomic E-state index is 13.1. The van der Waals surface area contributed by atoms with E-state index in [9.17, 15) is 41.7 Å². The predicted octanol–water partition coefficient (Wildman–Crippen LogP) is 6.03. The molecule has 0 saturated heterocycles. The third kappa shape index (κ3) is 4.15. The van der Waals surface area contributed by atoms with E-state index in [-0.39, 0.29) is 46.7 Å². The number of hydrogen-bond acceptors (Lipinski definition) is 3. The van der Waals surface area contributed by atoms with Crippen molar-refractivity contribution in [3.63, 3.8) is 0 Å². The lowest BCUT2D eigenvalue weighted by Crippen LogP contribution is -2.58. The Kier molecular flexibility index (Phi) is 6.71. The summed E-state index contributed by atoms with van der Waals surface area (Å²) in [6.07, 6.45) is -5.73. The van der Waals surface area contributed by atoms with Crippen LogP contribution in [0.5, 0.6) is 0 Å². The molecule has 4 aliphatic carbocycles. The molecule has 0 aromatic carbocycles. The summed E-state index contributed by atoms with van der Waals surface area (Å²) in [6, 6.07) is 0. The van der Waals surface area contributed by atoms with E-state index < -0.39 is 30.0 Å². The van der Waals surface area contributed by atoms with E-state index in [1.54, 1.807) is 6.92 Å². The number of aliphatic hydroxyl groups is 3. The molecule has 10 atom stereocenters. The maximum Gasteiger partial charge on any atom is 0.429 e. The number of rotatable bonds is 3. The summed E-state index contributed by atoms with van der Waals surface area (Å²) in [4.78, 5) is 0. The van der Waals surface area contributed by atoms with Crippen molar-refractivity contribution in [2.45, 2.75) is 102 Å². The fourth-order valence-corrected chi connectivity index (χ4v) is 8.96. The van der Waals surface area contributed by atoms with E-state index in [0.29, 0.717) is 25.2 Å². The van der Waals surface area contributed by atoms with Crippen LogP contribution in [0.15, 0.2) is 12.2 Å². The summed E-state index contributed by atoms with van der Waals surface area (Å²) in [5.74, 6) is 0.268. The molecule has 3 nitrogen and oxygen atoms in total. The number of halogens is 6. The zero-order valence-electron chi connectivity index (χ0n) is 20.5. The first-order valence-corrected chi connectivity index (χ1v) is 12.9. The molecule has 4 saturated carbocycles. The third-order valence-corrected chi connectivity index (χ3v) is 10.9. The van der Waals surface area contributed by atoms with Crippen LogP contribution in [0.2, 0.25) is 0 Å². The molecular formula is C26H38F6O3. The molecule has 9 heteroatoms. The lowest BCUT2D eigenvalue weighted by Gasteiger charge is -2.62. The molecule has 0 heterocycles. The van der Waals surface area contributed by atoms with Crippen molar-refractivity contribution in [2.24, 2.45) is 46.3 Å². The zero-order chi connectivity index (χ0) is 26.2. The molecule has 4 rings (SSSR count). The number of aliphatic hydroxyl groups excluding tert-OH is 2. The van der Waals surface area contributed by atoms with Gasteiger partial charge in [0.2, 0.25) is 0 Å². The van der Waals surface area contributed by atoms with E-state index in [0.717, 1.165) is 38.2 Å². The first-order chi connectivity index (χ1) is 16.0. The van der Waals surface area contributed by atoms with Gasteiger partial charge in [0.25, 0.3) is 5.60 Å². The predicted molar refractivity (Wildman–Crippen MR) is 118 cm³/mol. The van der Waals surface area contributed by atoms with E-state index in [1.807, 2.05) is 0 Å². The molecule has 4 aliphatic rings. The number of allylic oxidation sites excluding steroid dienone is 1. The van der Waals surface area contributed by atoms with Crippen LogP contribution >= 0.6 is 0 Å². The highest BCUT2D eigenvalue weighted by atomic mass is 19.4. The topological polar surface area (TPSA) is 60.7 Å². The van der Waals surface area contributed by atoms with Crippen LogP contribution in [-0.4, -0.2) is 45.5 Å². The largest absolute Gasteiger partial charge is 0.429 e. The van der Waals surface area contributed by atoms with Gasteiger partial charge in [-0.1, -0.05) is 26.8 Å². The third-order valence-electron chi connectivity index (χ3n) is 10.9. The second-order valence-corrected chi connectivity index (χ2v) is 12.4. The van der Waals surface area contributed by atoms with Crippen molar-refractivity contribution in [1.82, 2.24) is 0 Å². The van der Waals surface area contributed by atoms with E-state index in [4.69, 9.17) is 0 Å². The SMILES string of the molecule is C[C@H](C=CC(O)(C(F)(F)F)C(F)(F)F)[C@H]1CCC2C3C[C@H](O)[C@@H]4C[C@H](O)CC[C@]4(C)C3CC[C@@]21C. The Balaban J connectivity index is 1.56. The summed E-state index contributed by atoms with van der Waals surface area (Å²) in [7, 11) is 0. The minimum Gasteiger partial charge on any atom is -0.393 e. The van der Waals surface area contributed by atoms with Gasteiger partial charge in [0.15, 0.2) is 0 Å². The molecular weight excluding hydrogens is 474 g/mol. The van der Waals surface area contributed by atoms with Gasteiger partial charge >= 0.3 is 12.4 Å². The Labute approximate surface area is 203 Å². The molecule has 35 heavy (non-hydrogen) atoms. The summed E-state index contributed by atoms with van der Waals surface area (Å²) < 4.78 is 78.8. The van der Waals surface area contributed by atoms with Gasteiger partial charge in [-0.05, 0) is 104 Å². The van der Waals surface area contributed by atoms with E-state index >= 15 is 0 Å². The van der Waals surface area contributed by atoms with Crippen LogP contribution in [0, 0.1) is 46.3 Å². The zero-order valence-corrected chi connectivity index (χ0v) is 20.5. The van der Waals surface area contributed by atoms with Gasteiger partial charge in [0.1, 0.15) is 0 Å². The molecule has 0 radical (unpaired) electrons. The lowest BCUT2D eigenvalue weighted by atomic mass is 9.44. The fraction of sp³-hybridized carbons (Fsp3) is 0.923. The van der Waals surface area contributed by atoms with Gasteiger partial charge in [0.05, 0.1) is 12.2 Å². The normalized spacial score (nSPS) is 45.7. The molecule has 4 fully saturated rings. The summed E-state index contributed by atoms with van der Waals surface area (Å²) >= 11 is 0. The second-order valence-electron chi connectivity index (χ2n) is 12.4. The van der Waals surface area contributed by atoms with Crippen LogP contribution in [0.3, 0.4) is 0 Å². The minimum atomic E-state index is -5.86. The summed E-state index contributed by atoms with van der Waals surface area (Å²) in [5, 5.41) is 30.8. The highest BCUT2D eigenvalue weighted by molar-refractivity contribution is 5.15. The molecule has 0 amide bonds. The van der Waals surface area contributed by atoms with Gasteiger partial charge in [0, 0.05) is 0 Å². The Bertz CT molecular complexity index is 811. The van der Waals surface area contributed by atoms with Gasteiger partial charge in [-0.15, -0.1) is 0 Å². The Hall–Kier alpha value is -0.800. The second kappa shape index (κ2) is 8.62. The van der Waals surface area contributed by atoms with Crippen molar-refractivity contribution >= 4 is 0 Å². The molecule has 202 valence electrons. The van der Waals surface area contributed by atoms with Crippen LogP contribution in [-0.2, 0) is 0 Å². The van der Waals surface area contributed by atoms with Crippen LogP contribution in [0.25, 0.3) is 0 Å². The average molecular weight is 513 g/mol. The van der Waals surface area contributed by atoms with Gasteiger partial charge < -0.3 is 15.3 Å². The van der Waals surface area contributed by atoms with Crippen LogP contribution in [0.1, 0.15) is 72.1 Å². The standard InChI is InChI=1S/C26H38F6O3/c1-14(6-11-24(35,25(27,28)29)26(30,31)32)17-4-5-18-16-13-21(34)20-12-15(33)7-9-23(20,3)19(16)8-10-22(17,18)2/h6,11,14-21,33-35H,4-5,7-10,12-13H2,1-3H3/t14-,15-,16?,17-,18?,19?,20+,21+,22-,23-/m1/s1. The number of fused-ring (bicyclic) bond motifs is 5. The Morgan fingerprint density at radius 2 is 1.37 bits per heavy atom. The Morgan fingerprint density at radius 1 is 0.800 bits per heavy atom. The summed E-state index contributed by atoms with van der Waals surface area (Å²) in [5.41, 5.74) is -5.19. The van der Waals surface area contributed by atoms with Crippen molar-refractivity contribution in [2.75, 3.05) is 0 Å². The van der Waals surface area contributed by atoms with Crippen LogP contribution < -0.4 is 0 Å². The average Bonchev–Trinajstić information content (AvgIpc) is 3.09. The minimum absolute atomic E-state index is 0.0540. The first-order valence-electron chi connectivity index (χ1n) is 12.9. The molecule has 0 bridgehead atoms. The van der Waals surface area contributed by atoms with Crippen molar-refractivity contribution in [3.05, 3.63) is 12.2 Å². The van der Waals surface area contributed by atoms with Crippen molar-refractivity contribution in [1.29, 1.82) is 0 Å². The highest BCUT2D eigenvalue weighted by Crippen LogP contribution is 2.68. The molecule has 0 aromatic rings. The molecule has 0 spiro atoms. The smallest absolute Gasteiger partial charge is 0.393 e. The molecule has 3 N–H and O–H groups in total. The number of alkyl halides is 6. The highest BCUT2D eigenvalue weighted by Gasteiger charge is 2.69. The van der Waals surface area contributed by atoms with Gasteiger partial charge in [-0.3, -0.25) is 0 Å². The van der Waals surface area contributed by atoms with Crippen LogP contribution in [0.4, 0.5) is 26.3 Å². The number of hydrogen-bond donors (Lipinski definition) is 3. The fourth-order valence-electron chi connectivity index (χ4n) is 8.96. The van der Waals surface area contributed by atoms with Crippen molar-refractivity contribution < 1.29 is 41.7 Å². The van der Waals surface area contributed by atoms with E-state index in [2.05, 4.69) is 13.8 Å². The van der Waals surface area contributed by atoms with E-state index in [1.165, 1.54) is 0 Å². The molecule has 0 aromatic heterocycles. The monoisotopic (exact) mass is 512 g/mol. The lowest BCUT2D eigenvalue weighted by molar-refractivity contribution is -0.347. The quantitative estimate of drug-likeness (QED) is 0.320. The first kappa shape index (κ1) is 27.2. The maximum atomic E-state index is 13.1. The molecule has 0 aliphatic heterocycles. The van der Waals surface area contributed by atoms with Crippen molar-refractivity contribution in [3.8, 4) is 0 Å². The molecule has 3 unspecified atom stereocenters. The Morgan fingerprint density at radius 3 is 1.97 bits per heavy atom.